The number of ketones is 1. The Balaban J connectivity index is 1.70. The average Bonchev–Trinajstić information content (AvgIpc) is 3.29. The van der Waals surface area contributed by atoms with Gasteiger partial charge in [-0.2, -0.15) is 0 Å². The topological polar surface area (TPSA) is 73.2 Å². The SMILES string of the molecule is Cc1c(C(=O)C2=CSC(c3cccnc3)N2)c2ccccc2n1C(=O)OC(C)(C)C. The highest BCUT2D eigenvalue weighted by molar-refractivity contribution is 8.02. The monoisotopic (exact) mass is 421 g/mol. The van der Waals surface area contributed by atoms with Gasteiger partial charge in [-0.15, -0.1) is 11.8 Å². The number of carbonyl (C=O) groups excluding carboxylic acids is 2. The van der Waals surface area contributed by atoms with Gasteiger partial charge < -0.3 is 10.1 Å². The second-order valence-corrected chi connectivity index (χ2v) is 9.08. The number of Topliss-reactive ketones (excluding diaryl/α,β-unsaturated/α-hetero) is 1. The number of fused-ring (bicyclic) bond motifs is 1. The van der Waals surface area contributed by atoms with Gasteiger partial charge in [0, 0.05) is 34.4 Å². The second kappa shape index (κ2) is 7.65. The zero-order valence-corrected chi connectivity index (χ0v) is 18.1. The molecular weight excluding hydrogens is 398 g/mol. The van der Waals surface area contributed by atoms with Crippen molar-refractivity contribution in [3.05, 3.63) is 76.7 Å². The fourth-order valence-corrected chi connectivity index (χ4v) is 4.43. The van der Waals surface area contributed by atoms with Crippen LogP contribution in [0.25, 0.3) is 10.9 Å². The number of pyridine rings is 1. The summed E-state index contributed by atoms with van der Waals surface area (Å²) in [6, 6.07) is 11.2. The van der Waals surface area contributed by atoms with Gasteiger partial charge >= 0.3 is 6.09 Å². The Hall–Kier alpha value is -3.06. The first kappa shape index (κ1) is 20.2. The van der Waals surface area contributed by atoms with E-state index in [1.54, 1.807) is 19.3 Å². The van der Waals surface area contributed by atoms with Crippen molar-refractivity contribution < 1.29 is 14.3 Å². The highest BCUT2D eigenvalue weighted by atomic mass is 32.2. The van der Waals surface area contributed by atoms with E-state index in [-0.39, 0.29) is 11.2 Å². The number of thioether (sulfide) groups is 1. The molecule has 0 saturated carbocycles. The van der Waals surface area contributed by atoms with Gasteiger partial charge in [-0.1, -0.05) is 24.3 Å². The lowest BCUT2D eigenvalue weighted by Crippen LogP contribution is -2.28. The van der Waals surface area contributed by atoms with Gasteiger partial charge in [0.15, 0.2) is 0 Å². The molecule has 1 atom stereocenters. The highest BCUT2D eigenvalue weighted by Crippen LogP contribution is 2.36. The lowest BCUT2D eigenvalue weighted by atomic mass is 10.0. The van der Waals surface area contributed by atoms with Crippen molar-refractivity contribution in [2.75, 3.05) is 0 Å². The zero-order chi connectivity index (χ0) is 21.5. The first-order chi connectivity index (χ1) is 14.3. The molecule has 154 valence electrons. The summed E-state index contributed by atoms with van der Waals surface area (Å²) in [5, 5.41) is 5.77. The highest BCUT2D eigenvalue weighted by Gasteiger charge is 2.30. The lowest BCUT2D eigenvalue weighted by molar-refractivity contribution is 0.0541. The minimum Gasteiger partial charge on any atom is -0.443 e. The number of allylic oxidation sites excluding steroid dienone is 1. The Morgan fingerprint density at radius 2 is 1.93 bits per heavy atom. The van der Waals surface area contributed by atoms with Crippen molar-refractivity contribution in [2.45, 2.75) is 38.7 Å². The average molecular weight is 422 g/mol. The molecule has 1 aromatic carbocycles. The van der Waals surface area contributed by atoms with Gasteiger partial charge in [0.05, 0.1) is 16.8 Å². The first-order valence-electron chi connectivity index (χ1n) is 9.66. The zero-order valence-electron chi connectivity index (χ0n) is 17.3. The number of nitrogens with one attached hydrogen (secondary N) is 1. The van der Waals surface area contributed by atoms with Crippen LogP contribution in [0.3, 0.4) is 0 Å². The maximum Gasteiger partial charge on any atom is 0.419 e. The minimum atomic E-state index is -0.637. The number of para-hydroxylation sites is 1. The third kappa shape index (κ3) is 3.73. The maximum atomic E-state index is 13.5. The van der Waals surface area contributed by atoms with Crippen LogP contribution in [0.1, 0.15) is 47.8 Å². The van der Waals surface area contributed by atoms with Crippen molar-refractivity contribution in [3.8, 4) is 0 Å². The summed E-state index contributed by atoms with van der Waals surface area (Å²) in [5.74, 6) is -0.148. The van der Waals surface area contributed by atoms with Crippen molar-refractivity contribution in [1.82, 2.24) is 14.9 Å². The molecular formula is C23H23N3O3S. The lowest BCUT2D eigenvalue weighted by Gasteiger charge is -2.20. The Morgan fingerprint density at radius 1 is 1.17 bits per heavy atom. The molecule has 4 rings (SSSR count). The quantitative estimate of drug-likeness (QED) is 0.587. The fourth-order valence-electron chi connectivity index (χ4n) is 3.49. The summed E-state index contributed by atoms with van der Waals surface area (Å²) in [5.41, 5.74) is 2.58. The standard InChI is InChI=1S/C23H23N3O3S/c1-14-19(20(27)17-13-30-21(25-17)15-8-7-11-24-12-15)16-9-5-6-10-18(16)26(14)22(28)29-23(2,3)4/h5-13,21,25H,1-4H3. The third-order valence-corrected chi connectivity index (χ3v) is 5.79. The Kier molecular flexibility index (Phi) is 5.15. The van der Waals surface area contributed by atoms with E-state index >= 15 is 0 Å². The molecule has 2 aromatic heterocycles. The number of benzene rings is 1. The molecule has 0 saturated heterocycles. The van der Waals surface area contributed by atoms with Crippen LogP contribution in [-0.4, -0.2) is 27.0 Å². The van der Waals surface area contributed by atoms with Crippen LogP contribution in [0.5, 0.6) is 0 Å². The molecule has 1 unspecified atom stereocenters. The summed E-state index contributed by atoms with van der Waals surface area (Å²) in [4.78, 5) is 30.5. The molecule has 7 heteroatoms. The number of rotatable bonds is 3. The number of hydrogen-bond donors (Lipinski definition) is 1. The van der Waals surface area contributed by atoms with E-state index in [1.807, 2.05) is 62.6 Å². The number of carbonyl (C=O) groups is 2. The molecule has 3 aromatic rings. The molecule has 0 bridgehead atoms. The second-order valence-electron chi connectivity index (χ2n) is 8.10. The maximum absolute atomic E-state index is 13.5. The first-order valence-corrected chi connectivity index (χ1v) is 10.6. The van der Waals surface area contributed by atoms with Crippen LogP contribution < -0.4 is 5.32 Å². The van der Waals surface area contributed by atoms with Crippen molar-refractivity contribution in [3.63, 3.8) is 0 Å². The largest absolute Gasteiger partial charge is 0.443 e. The molecule has 1 aliphatic rings. The molecule has 0 radical (unpaired) electrons. The van der Waals surface area contributed by atoms with E-state index in [0.717, 1.165) is 10.9 Å². The van der Waals surface area contributed by atoms with E-state index in [1.165, 1.54) is 16.3 Å². The van der Waals surface area contributed by atoms with Gasteiger partial charge in [0.1, 0.15) is 11.0 Å². The minimum absolute atomic E-state index is 0.0721. The van der Waals surface area contributed by atoms with Crippen LogP contribution in [0.2, 0.25) is 0 Å². The molecule has 0 spiro atoms. The van der Waals surface area contributed by atoms with E-state index in [4.69, 9.17) is 4.74 Å². The van der Waals surface area contributed by atoms with E-state index in [9.17, 15) is 9.59 Å². The molecule has 0 aliphatic carbocycles. The third-order valence-electron chi connectivity index (χ3n) is 4.75. The Morgan fingerprint density at radius 3 is 2.63 bits per heavy atom. The molecule has 6 nitrogen and oxygen atoms in total. The predicted octanol–water partition coefficient (Wildman–Crippen LogP) is 5.19. The fraction of sp³-hybridized carbons (Fsp3) is 0.261. The van der Waals surface area contributed by atoms with Crippen molar-refractivity contribution >= 4 is 34.5 Å². The van der Waals surface area contributed by atoms with Crippen LogP contribution in [0.4, 0.5) is 4.79 Å². The van der Waals surface area contributed by atoms with Gasteiger partial charge in [-0.3, -0.25) is 9.78 Å². The van der Waals surface area contributed by atoms with Crippen LogP contribution >= 0.6 is 11.8 Å². The van der Waals surface area contributed by atoms with Gasteiger partial charge in [0.25, 0.3) is 0 Å². The number of nitrogens with zero attached hydrogens (tertiary/aromatic N) is 2. The van der Waals surface area contributed by atoms with Gasteiger partial charge in [0.2, 0.25) is 5.78 Å². The van der Waals surface area contributed by atoms with E-state index in [2.05, 4.69) is 10.3 Å². The summed E-state index contributed by atoms with van der Waals surface area (Å²) in [6.45, 7) is 7.24. The van der Waals surface area contributed by atoms with Crippen LogP contribution in [0, 0.1) is 6.92 Å². The number of ether oxygens (including phenoxy) is 1. The molecule has 1 N–H and O–H groups in total. The normalized spacial score (nSPS) is 16.3. The smallest absolute Gasteiger partial charge is 0.419 e. The summed E-state index contributed by atoms with van der Waals surface area (Å²) in [7, 11) is 0. The Labute approximate surface area is 179 Å². The number of aromatic nitrogens is 2. The van der Waals surface area contributed by atoms with Gasteiger partial charge in [-0.25, -0.2) is 9.36 Å². The molecule has 1 aliphatic heterocycles. The van der Waals surface area contributed by atoms with Crippen LogP contribution in [-0.2, 0) is 4.74 Å². The molecule has 3 heterocycles. The van der Waals surface area contributed by atoms with Crippen LogP contribution in [0.15, 0.2) is 59.9 Å². The summed E-state index contributed by atoms with van der Waals surface area (Å²) in [6.07, 6.45) is 3.01. The van der Waals surface area contributed by atoms with Gasteiger partial charge in [-0.05, 0) is 39.8 Å². The molecule has 30 heavy (non-hydrogen) atoms. The van der Waals surface area contributed by atoms with Crippen molar-refractivity contribution in [1.29, 1.82) is 0 Å². The summed E-state index contributed by atoms with van der Waals surface area (Å²) >= 11 is 1.53. The van der Waals surface area contributed by atoms with E-state index in [0.29, 0.717) is 22.5 Å². The number of hydrogen-bond acceptors (Lipinski definition) is 6. The predicted molar refractivity (Wildman–Crippen MR) is 118 cm³/mol. The molecule has 0 fully saturated rings. The summed E-state index contributed by atoms with van der Waals surface area (Å²) < 4.78 is 7.06. The van der Waals surface area contributed by atoms with E-state index < -0.39 is 11.7 Å². The van der Waals surface area contributed by atoms with Crippen molar-refractivity contribution in [2.24, 2.45) is 0 Å². The Bertz CT molecular complexity index is 1160. The molecule has 0 amide bonds.